The van der Waals surface area contributed by atoms with Gasteiger partial charge in [0, 0.05) is 23.6 Å². The summed E-state index contributed by atoms with van der Waals surface area (Å²) in [6.07, 6.45) is 3.35. The molecule has 0 aliphatic heterocycles. The predicted molar refractivity (Wildman–Crippen MR) is 139 cm³/mol. The van der Waals surface area contributed by atoms with E-state index in [2.05, 4.69) is 10.3 Å². The van der Waals surface area contributed by atoms with Crippen molar-refractivity contribution in [2.24, 2.45) is 0 Å². The van der Waals surface area contributed by atoms with Crippen LogP contribution in [0.25, 0.3) is 11.1 Å². The van der Waals surface area contributed by atoms with Crippen molar-refractivity contribution in [1.29, 1.82) is 0 Å². The van der Waals surface area contributed by atoms with Crippen molar-refractivity contribution in [1.82, 2.24) is 4.98 Å². The zero-order valence-corrected chi connectivity index (χ0v) is 20.9. The molecule has 2 N–H and O–H groups in total. The minimum Gasteiger partial charge on any atom is -0.497 e. The Kier molecular flexibility index (Phi) is 7.35. The summed E-state index contributed by atoms with van der Waals surface area (Å²) in [5.74, 6) is -0.483. The largest absolute Gasteiger partial charge is 0.497 e. The molecule has 0 saturated carbocycles. The number of nitrogens with zero attached hydrogens (tertiary/aromatic N) is 1. The molecule has 4 rings (SSSR count). The molecule has 0 amide bonds. The van der Waals surface area contributed by atoms with Crippen LogP contribution in [0, 0.1) is 6.92 Å². The van der Waals surface area contributed by atoms with Crippen LogP contribution < -0.4 is 10.1 Å². The van der Waals surface area contributed by atoms with Crippen LogP contribution in [0.15, 0.2) is 95.0 Å². The van der Waals surface area contributed by atoms with Gasteiger partial charge in [-0.25, -0.2) is 13.2 Å². The molecule has 0 aliphatic rings. The van der Waals surface area contributed by atoms with Gasteiger partial charge in [0.05, 0.1) is 22.5 Å². The molecule has 0 bridgehead atoms. The van der Waals surface area contributed by atoms with Gasteiger partial charge >= 0.3 is 5.97 Å². The first-order valence-electron chi connectivity index (χ1n) is 11.2. The lowest BCUT2D eigenvalue weighted by Crippen LogP contribution is -2.17. The number of sulfone groups is 1. The molecule has 1 aromatic heterocycles. The number of aryl methyl sites for hydroxylation is 1. The van der Waals surface area contributed by atoms with E-state index < -0.39 is 21.8 Å². The molecule has 0 spiro atoms. The van der Waals surface area contributed by atoms with Crippen molar-refractivity contribution in [3.63, 3.8) is 0 Å². The first kappa shape index (κ1) is 25.6. The number of anilines is 1. The average Bonchev–Trinajstić information content (AvgIpc) is 2.91. The molecule has 3 aromatic carbocycles. The van der Waals surface area contributed by atoms with Gasteiger partial charge in [0.2, 0.25) is 9.84 Å². The van der Waals surface area contributed by atoms with Gasteiger partial charge in [-0.1, -0.05) is 18.2 Å². The standard InChI is InChI=1S/C28H24N2O6S/c1-18-13-20(15-21(14-18)28(32)33)19-3-5-22(6-4-19)30-26(17-31)25-16-29-12-11-27(25)37(34,35)24-9-7-23(36-2)8-10-24/h3-17,26,30H,1-2H3,(H,32,33). The molecule has 0 radical (unpaired) electrons. The number of nitrogens with one attached hydrogen (secondary N) is 1. The number of benzene rings is 3. The SMILES string of the molecule is COc1ccc(S(=O)(=O)c2ccncc2C(C=O)Nc2ccc(-c3cc(C)cc(C(=O)O)c3)cc2)cc1. The van der Waals surface area contributed by atoms with Crippen LogP contribution in [0.3, 0.4) is 0 Å². The Morgan fingerprint density at radius 2 is 1.70 bits per heavy atom. The van der Waals surface area contributed by atoms with Gasteiger partial charge in [0.15, 0.2) is 0 Å². The number of rotatable bonds is 9. The predicted octanol–water partition coefficient (Wildman–Crippen LogP) is 4.95. The molecular weight excluding hydrogens is 492 g/mol. The van der Waals surface area contributed by atoms with E-state index in [1.54, 1.807) is 48.5 Å². The lowest BCUT2D eigenvalue weighted by Gasteiger charge is -2.18. The Labute approximate surface area is 214 Å². The number of pyridine rings is 1. The van der Waals surface area contributed by atoms with Crippen LogP contribution in [0.1, 0.15) is 27.5 Å². The molecule has 0 saturated heterocycles. The van der Waals surface area contributed by atoms with E-state index >= 15 is 0 Å². The first-order valence-corrected chi connectivity index (χ1v) is 12.7. The Hall–Kier alpha value is -4.50. The van der Waals surface area contributed by atoms with Gasteiger partial charge in [-0.15, -0.1) is 0 Å². The van der Waals surface area contributed by atoms with Gasteiger partial charge in [-0.05, 0) is 78.2 Å². The van der Waals surface area contributed by atoms with E-state index in [1.807, 2.05) is 13.0 Å². The number of carboxylic acids is 1. The fraction of sp³-hybridized carbons (Fsp3) is 0.107. The number of hydrogen-bond acceptors (Lipinski definition) is 7. The third-order valence-electron chi connectivity index (χ3n) is 5.81. The number of carbonyl (C=O) groups is 2. The Morgan fingerprint density at radius 3 is 2.32 bits per heavy atom. The van der Waals surface area contributed by atoms with E-state index in [-0.39, 0.29) is 20.9 Å². The molecule has 9 heteroatoms. The van der Waals surface area contributed by atoms with Crippen LogP contribution in [0.5, 0.6) is 5.75 Å². The van der Waals surface area contributed by atoms with Gasteiger partial charge in [0.1, 0.15) is 18.1 Å². The number of carbonyl (C=O) groups excluding carboxylic acids is 1. The fourth-order valence-corrected chi connectivity index (χ4v) is 5.43. The van der Waals surface area contributed by atoms with Crippen molar-refractivity contribution < 1.29 is 27.9 Å². The van der Waals surface area contributed by atoms with Gasteiger partial charge < -0.3 is 20.0 Å². The summed E-state index contributed by atoms with van der Waals surface area (Å²) in [5.41, 5.74) is 3.34. The lowest BCUT2D eigenvalue weighted by molar-refractivity contribution is -0.108. The second-order valence-corrected chi connectivity index (χ2v) is 10.2. The van der Waals surface area contributed by atoms with Crippen molar-refractivity contribution in [2.45, 2.75) is 22.8 Å². The summed E-state index contributed by atoms with van der Waals surface area (Å²) >= 11 is 0. The van der Waals surface area contributed by atoms with Crippen molar-refractivity contribution >= 4 is 27.8 Å². The highest BCUT2D eigenvalue weighted by Crippen LogP contribution is 2.30. The van der Waals surface area contributed by atoms with Crippen LogP contribution in [0.4, 0.5) is 5.69 Å². The number of aromatic nitrogens is 1. The maximum absolute atomic E-state index is 13.4. The molecule has 1 unspecified atom stereocenters. The highest BCUT2D eigenvalue weighted by molar-refractivity contribution is 7.91. The van der Waals surface area contributed by atoms with Crippen LogP contribution in [-0.2, 0) is 14.6 Å². The van der Waals surface area contributed by atoms with E-state index in [9.17, 15) is 23.1 Å². The van der Waals surface area contributed by atoms with Gasteiger partial charge in [-0.3, -0.25) is 4.98 Å². The van der Waals surface area contributed by atoms with Crippen LogP contribution >= 0.6 is 0 Å². The minimum atomic E-state index is -3.94. The Morgan fingerprint density at radius 1 is 1.00 bits per heavy atom. The zero-order valence-electron chi connectivity index (χ0n) is 20.1. The summed E-state index contributed by atoms with van der Waals surface area (Å²) in [6, 6.07) is 18.5. The molecule has 1 atom stereocenters. The summed E-state index contributed by atoms with van der Waals surface area (Å²) < 4.78 is 31.9. The summed E-state index contributed by atoms with van der Waals surface area (Å²) in [6.45, 7) is 1.83. The van der Waals surface area contributed by atoms with Gasteiger partial charge in [-0.2, -0.15) is 0 Å². The molecule has 0 fully saturated rings. The Bertz CT molecular complexity index is 1550. The number of ether oxygens (including phenoxy) is 1. The molecular formula is C28H24N2O6S. The number of methoxy groups -OCH3 is 1. The second-order valence-electron chi connectivity index (χ2n) is 8.32. The molecule has 0 aliphatic carbocycles. The van der Waals surface area contributed by atoms with E-state index in [1.165, 1.54) is 37.7 Å². The number of carboxylic acid groups (broad SMARTS) is 1. The lowest BCUT2D eigenvalue weighted by atomic mass is 10.00. The fourth-order valence-electron chi connectivity index (χ4n) is 3.95. The van der Waals surface area contributed by atoms with E-state index in [0.29, 0.717) is 17.7 Å². The summed E-state index contributed by atoms with van der Waals surface area (Å²) in [4.78, 5) is 27.6. The maximum atomic E-state index is 13.4. The highest BCUT2D eigenvalue weighted by Gasteiger charge is 2.25. The molecule has 1 heterocycles. The van der Waals surface area contributed by atoms with Gasteiger partial charge in [0.25, 0.3) is 0 Å². The maximum Gasteiger partial charge on any atom is 0.335 e. The van der Waals surface area contributed by atoms with Crippen LogP contribution in [0.2, 0.25) is 0 Å². The summed E-state index contributed by atoms with van der Waals surface area (Å²) in [5, 5.41) is 12.4. The van der Waals surface area contributed by atoms with E-state index in [0.717, 1.165) is 16.7 Å². The van der Waals surface area contributed by atoms with Crippen molar-refractivity contribution in [2.75, 3.05) is 12.4 Å². The number of aldehydes is 1. The van der Waals surface area contributed by atoms with Crippen molar-refractivity contribution in [3.8, 4) is 16.9 Å². The molecule has 188 valence electrons. The average molecular weight is 517 g/mol. The Balaban J connectivity index is 1.63. The summed E-state index contributed by atoms with van der Waals surface area (Å²) in [7, 11) is -2.45. The van der Waals surface area contributed by atoms with Crippen molar-refractivity contribution in [3.05, 3.63) is 102 Å². The quantitative estimate of drug-likeness (QED) is 0.300. The minimum absolute atomic E-state index is 0.0325. The second kappa shape index (κ2) is 10.6. The number of hydrogen-bond donors (Lipinski definition) is 2. The first-order chi connectivity index (χ1) is 17.7. The normalized spacial score (nSPS) is 11.9. The van der Waals surface area contributed by atoms with Crippen LogP contribution in [-0.4, -0.2) is 37.9 Å². The number of aromatic carboxylic acids is 1. The smallest absolute Gasteiger partial charge is 0.335 e. The third kappa shape index (κ3) is 5.52. The van der Waals surface area contributed by atoms with E-state index in [4.69, 9.17) is 4.74 Å². The topological polar surface area (TPSA) is 123 Å². The molecule has 37 heavy (non-hydrogen) atoms. The monoisotopic (exact) mass is 516 g/mol. The third-order valence-corrected chi connectivity index (χ3v) is 7.65. The molecule has 8 nitrogen and oxygen atoms in total. The molecule has 4 aromatic rings. The highest BCUT2D eigenvalue weighted by atomic mass is 32.2. The zero-order chi connectivity index (χ0) is 26.6.